The van der Waals surface area contributed by atoms with Gasteiger partial charge >= 0.3 is 5.97 Å². The second-order valence-electron chi connectivity index (χ2n) is 4.89. The highest BCUT2D eigenvalue weighted by Crippen LogP contribution is 2.17. The van der Waals surface area contributed by atoms with Gasteiger partial charge in [-0.2, -0.15) is 0 Å². The zero-order valence-electron chi connectivity index (χ0n) is 13.1. The van der Waals surface area contributed by atoms with E-state index in [-0.39, 0.29) is 22.8 Å². The van der Waals surface area contributed by atoms with Gasteiger partial charge in [-0.3, -0.25) is 4.79 Å². The number of para-hydroxylation sites is 1. The molecule has 0 saturated carbocycles. The molecule has 0 aliphatic rings. The molecule has 0 fully saturated rings. The molecule has 7 heteroatoms. The number of hydrogen-bond donors (Lipinski definition) is 1. The van der Waals surface area contributed by atoms with Crippen molar-refractivity contribution in [3.05, 3.63) is 60.2 Å². The molecule has 0 radical (unpaired) electrons. The first kappa shape index (κ1) is 17.7. The first-order chi connectivity index (χ1) is 11.4. The summed E-state index contributed by atoms with van der Waals surface area (Å²) in [5.41, 5.74) is 0.383. The number of amides is 1. The molecule has 2 aromatic carbocycles. The fraction of sp³-hybridized carbons (Fsp3) is 0.176. The summed E-state index contributed by atoms with van der Waals surface area (Å²) in [5.74, 6) is -2.02. The third kappa shape index (κ3) is 4.42. The highest BCUT2D eigenvalue weighted by atomic mass is 32.2. The van der Waals surface area contributed by atoms with Crippen molar-refractivity contribution in [2.45, 2.75) is 11.8 Å². The summed E-state index contributed by atoms with van der Waals surface area (Å²) in [6.45, 7) is 1.87. The maximum absolute atomic E-state index is 12.2. The third-order valence-corrected chi connectivity index (χ3v) is 4.75. The van der Waals surface area contributed by atoms with E-state index in [1.807, 2.05) is 0 Å². The highest BCUT2D eigenvalue weighted by molar-refractivity contribution is 7.92. The van der Waals surface area contributed by atoms with Crippen molar-refractivity contribution in [2.24, 2.45) is 0 Å². The maximum Gasteiger partial charge on any atom is 0.340 e. The van der Waals surface area contributed by atoms with Gasteiger partial charge < -0.3 is 10.1 Å². The molecular weight excluding hydrogens is 330 g/mol. The number of ether oxygens (including phenoxy) is 1. The van der Waals surface area contributed by atoms with Crippen LogP contribution in [0.3, 0.4) is 0 Å². The highest BCUT2D eigenvalue weighted by Gasteiger charge is 2.21. The topological polar surface area (TPSA) is 89.5 Å². The largest absolute Gasteiger partial charge is 0.462 e. The number of rotatable bonds is 6. The van der Waals surface area contributed by atoms with Gasteiger partial charge in [0.1, 0.15) is 5.75 Å². The number of sulfone groups is 1. The van der Waals surface area contributed by atoms with Gasteiger partial charge in [0.05, 0.1) is 22.8 Å². The summed E-state index contributed by atoms with van der Waals surface area (Å²) in [5, 5.41) is 2.46. The van der Waals surface area contributed by atoms with Crippen LogP contribution in [0.15, 0.2) is 59.5 Å². The van der Waals surface area contributed by atoms with Crippen LogP contribution >= 0.6 is 0 Å². The van der Waals surface area contributed by atoms with Crippen molar-refractivity contribution in [1.82, 2.24) is 0 Å². The average molecular weight is 347 g/mol. The molecule has 6 nitrogen and oxygen atoms in total. The van der Waals surface area contributed by atoms with Crippen molar-refractivity contribution < 1.29 is 22.7 Å². The van der Waals surface area contributed by atoms with E-state index in [0.717, 1.165) is 0 Å². The molecule has 0 unspecified atom stereocenters. The van der Waals surface area contributed by atoms with Crippen molar-refractivity contribution in [2.75, 3.05) is 17.7 Å². The minimum Gasteiger partial charge on any atom is -0.462 e. The molecule has 2 aromatic rings. The predicted octanol–water partition coefficient (Wildman–Crippen LogP) is 2.28. The Bertz CT molecular complexity index is 831. The molecule has 0 bridgehead atoms. The molecule has 0 aliphatic carbocycles. The minimum atomic E-state index is -3.75. The lowest BCUT2D eigenvalue weighted by Crippen LogP contribution is -2.24. The van der Waals surface area contributed by atoms with Gasteiger partial charge in [0, 0.05) is 0 Å². The van der Waals surface area contributed by atoms with Crippen LogP contribution in [0.4, 0.5) is 5.69 Å². The van der Waals surface area contributed by atoms with Crippen LogP contribution in [-0.4, -0.2) is 32.7 Å². The van der Waals surface area contributed by atoms with E-state index >= 15 is 0 Å². The molecule has 0 heterocycles. The molecule has 0 aliphatic heterocycles. The Morgan fingerprint density at radius 1 is 1.00 bits per heavy atom. The molecule has 0 atom stereocenters. The number of anilines is 1. The summed E-state index contributed by atoms with van der Waals surface area (Å²) in [7, 11) is -3.75. The predicted molar refractivity (Wildman–Crippen MR) is 89.5 cm³/mol. The Labute approximate surface area is 140 Å². The van der Waals surface area contributed by atoms with Crippen molar-refractivity contribution in [3.63, 3.8) is 0 Å². The molecular formula is C17H17NO5S. The molecule has 1 N–H and O–H groups in total. The Balaban J connectivity index is 2.15. The van der Waals surface area contributed by atoms with Crippen molar-refractivity contribution in [1.29, 1.82) is 0 Å². The minimum absolute atomic E-state index is 0.0684. The lowest BCUT2D eigenvalue weighted by molar-refractivity contribution is -0.113. The number of carbonyl (C=O) groups is 2. The molecule has 1 amide bonds. The first-order valence-electron chi connectivity index (χ1n) is 7.28. The number of esters is 1. The molecule has 0 spiro atoms. The lowest BCUT2D eigenvalue weighted by atomic mass is 10.2. The van der Waals surface area contributed by atoms with E-state index in [2.05, 4.69) is 5.32 Å². The van der Waals surface area contributed by atoms with Gasteiger partial charge in [-0.25, -0.2) is 13.2 Å². The summed E-state index contributed by atoms with van der Waals surface area (Å²) < 4.78 is 29.3. The Kier molecular flexibility index (Phi) is 5.70. The summed E-state index contributed by atoms with van der Waals surface area (Å²) in [6.07, 6.45) is 0. The zero-order valence-corrected chi connectivity index (χ0v) is 13.9. The van der Waals surface area contributed by atoms with Crippen molar-refractivity contribution >= 4 is 27.4 Å². The second kappa shape index (κ2) is 7.74. The third-order valence-electron chi connectivity index (χ3n) is 3.12. The average Bonchev–Trinajstić information content (AvgIpc) is 2.56. The smallest absolute Gasteiger partial charge is 0.340 e. The molecule has 126 valence electrons. The van der Waals surface area contributed by atoms with E-state index in [9.17, 15) is 18.0 Å². The van der Waals surface area contributed by atoms with Gasteiger partial charge in [0.15, 0.2) is 9.84 Å². The van der Waals surface area contributed by atoms with Crippen LogP contribution in [0, 0.1) is 0 Å². The summed E-state index contributed by atoms with van der Waals surface area (Å²) >= 11 is 0. The number of carbonyl (C=O) groups excluding carboxylic acids is 2. The number of hydrogen-bond acceptors (Lipinski definition) is 5. The van der Waals surface area contributed by atoms with Gasteiger partial charge in [0.25, 0.3) is 0 Å². The van der Waals surface area contributed by atoms with E-state index in [1.165, 1.54) is 24.3 Å². The number of benzene rings is 2. The molecule has 2 rings (SSSR count). The second-order valence-corrected chi connectivity index (χ2v) is 6.88. The SMILES string of the molecule is CCOC(=O)c1ccccc1NC(=O)CS(=O)(=O)c1ccccc1. The maximum atomic E-state index is 12.2. The van der Waals surface area contributed by atoms with E-state index < -0.39 is 27.5 Å². The van der Waals surface area contributed by atoms with Gasteiger partial charge in [-0.05, 0) is 31.2 Å². The number of nitrogens with one attached hydrogen (secondary N) is 1. The van der Waals surface area contributed by atoms with E-state index in [0.29, 0.717) is 0 Å². The van der Waals surface area contributed by atoms with Crippen molar-refractivity contribution in [3.8, 4) is 0 Å². The van der Waals surface area contributed by atoms with E-state index in [1.54, 1.807) is 37.3 Å². The normalized spacial score (nSPS) is 10.9. The van der Waals surface area contributed by atoms with Crippen LogP contribution in [-0.2, 0) is 19.4 Å². The molecule has 0 saturated heterocycles. The van der Waals surface area contributed by atoms with Gasteiger partial charge in [-0.1, -0.05) is 30.3 Å². The fourth-order valence-corrected chi connectivity index (χ4v) is 3.20. The Hall–Kier alpha value is -2.67. The van der Waals surface area contributed by atoms with Crippen LogP contribution < -0.4 is 5.32 Å². The Morgan fingerprint density at radius 2 is 1.62 bits per heavy atom. The monoisotopic (exact) mass is 347 g/mol. The Morgan fingerprint density at radius 3 is 2.29 bits per heavy atom. The quantitative estimate of drug-likeness (QED) is 0.810. The van der Waals surface area contributed by atoms with Gasteiger partial charge in [0.2, 0.25) is 5.91 Å². The van der Waals surface area contributed by atoms with Crippen LogP contribution in [0.25, 0.3) is 0 Å². The molecule has 24 heavy (non-hydrogen) atoms. The lowest BCUT2D eigenvalue weighted by Gasteiger charge is -2.10. The van der Waals surface area contributed by atoms with Crippen LogP contribution in [0.1, 0.15) is 17.3 Å². The van der Waals surface area contributed by atoms with Crippen LogP contribution in [0.2, 0.25) is 0 Å². The zero-order chi connectivity index (χ0) is 17.6. The van der Waals surface area contributed by atoms with E-state index in [4.69, 9.17) is 4.74 Å². The fourth-order valence-electron chi connectivity index (χ4n) is 2.05. The summed E-state index contributed by atoms with van der Waals surface area (Å²) in [4.78, 5) is 24.0. The standard InChI is InChI=1S/C17H17NO5S/c1-2-23-17(20)14-10-6-7-11-15(14)18-16(19)12-24(21,22)13-8-4-3-5-9-13/h3-11H,2,12H2,1H3,(H,18,19). The summed E-state index contributed by atoms with van der Waals surface area (Å²) in [6, 6.07) is 14.0. The van der Waals surface area contributed by atoms with Crippen LogP contribution in [0.5, 0.6) is 0 Å². The molecule has 0 aromatic heterocycles. The van der Waals surface area contributed by atoms with Gasteiger partial charge in [-0.15, -0.1) is 0 Å². The first-order valence-corrected chi connectivity index (χ1v) is 8.93.